The van der Waals surface area contributed by atoms with E-state index in [0.717, 1.165) is 11.3 Å². The SMILES string of the molecule is COc1ccc(-c2ccc3nc(N)nc(CS)c3n2)cc1OC. The first-order chi connectivity index (χ1) is 11.2. The Morgan fingerprint density at radius 1 is 1.00 bits per heavy atom. The van der Waals surface area contributed by atoms with Crippen molar-refractivity contribution in [1.29, 1.82) is 0 Å². The average molecular weight is 328 g/mol. The van der Waals surface area contributed by atoms with Gasteiger partial charge in [-0.05, 0) is 30.3 Å². The van der Waals surface area contributed by atoms with Gasteiger partial charge in [0.05, 0.1) is 31.1 Å². The first-order valence-corrected chi connectivity index (χ1v) is 7.56. The van der Waals surface area contributed by atoms with Crippen molar-refractivity contribution in [3.8, 4) is 22.8 Å². The van der Waals surface area contributed by atoms with Crippen LogP contribution in [-0.2, 0) is 5.75 Å². The third-order valence-corrected chi connectivity index (χ3v) is 3.76. The van der Waals surface area contributed by atoms with E-state index in [2.05, 4.69) is 27.6 Å². The summed E-state index contributed by atoms with van der Waals surface area (Å²) in [7, 11) is 3.21. The molecule has 0 bridgehead atoms. The molecule has 0 aliphatic rings. The molecule has 2 aromatic heterocycles. The maximum atomic E-state index is 5.70. The van der Waals surface area contributed by atoms with Gasteiger partial charge < -0.3 is 15.2 Å². The number of hydrogen-bond donors (Lipinski definition) is 2. The molecule has 0 atom stereocenters. The van der Waals surface area contributed by atoms with Crippen molar-refractivity contribution < 1.29 is 9.47 Å². The molecular weight excluding hydrogens is 312 g/mol. The number of nitrogens with zero attached hydrogens (tertiary/aromatic N) is 3. The Labute approximate surface area is 139 Å². The molecule has 0 radical (unpaired) electrons. The molecule has 0 aliphatic heterocycles. The van der Waals surface area contributed by atoms with E-state index in [0.29, 0.717) is 34.0 Å². The van der Waals surface area contributed by atoms with Crippen LogP contribution in [0.15, 0.2) is 30.3 Å². The van der Waals surface area contributed by atoms with Gasteiger partial charge in [0.15, 0.2) is 11.5 Å². The molecule has 0 aliphatic carbocycles. The predicted molar refractivity (Wildman–Crippen MR) is 93.0 cm³/mol. The van der Waals surface area contributed by atoms with E-state index in [-0.39, 0.29) is 5.95 Å². The smallest absolute Gasteiger partial charge is 0.220 e. The van der Waals surface area contributed by atoms with E-state index in [9.17, 15) is 0 Å². The van der Waals surface area contributed by atoms with Gasteiger partial charge in [-0.3, -0.25) is 0 Å². The van der Waals surface area contributed by atoms with Crippen LogP contribution >= 0.6 is 12.6 Å². The van der Waals surface area contributed by atoms with E-state index >= 15 is 0 Å². The molecule has 0 spiro atoms. The highest BCUT2D eigenvalue weighted by molar-refractivity contribution is 7.79. The molecule has 0 amide bonds. The van der Waals surface area contributed by atoms with E-state index in [1.165, 1.54) is 0 Å². The summed E-state index contributed by atoms with van der Waals surface area (Å²) in [4.78, 5) is 13.1. The van der Waals surface area contributed by atoms with Gasteiger partial charge in [0.25, 0.3) is 0 Å². The molecule has 0 saturated heterocycles. The maximum absolute atomic E-state index is 5.70. The van der Waals surface area contributed by atoms with Crippen molar-refractivity contribution in [2.24, 2.45) is 0 Å². The van der Waals surface area contributed by atoms with Crippen molar-refractivity contribution in [3.63, 3.8) is 0 Å². The Kier molecular flexibility index (Phi) is 4.20. The summed E-state index contributed by atoms with van der Waals surface area (Å²) in [6, 6.07) is 9.41. The predicted octanol–water partition coefficient (Wildman–Crippen LogP) is 2.72. The molecule has 1 aromatic carbocycles. The van der Waals surface area contributed by atoms with Crippen molar-refractivity contribution in [2.75, 3.05) is 20.0 Å². The molecule has 2 N–H and O–H groups in total. The van der Waals surface area contributed by atoms with Crippen molar-refractivity contribution >= 4 is 29.6 Å². The van der Waals surface area contributed by atoms with Crippen LogP contribution in [0, 0.1) is 0 Å². The number of thiol groups is 1. The van der Waals surface area contributed by atoms with E-state index in [1.54, 1.807) is 14.2 Å². The lowest BCUT2D eigenvalue weighted by atomic mass is 10.1. The number of aromatic nitrogens is 3. The summed E-state index contributed by atoms with van der Waals surface area (Å²) in [6.45, 7) is 0. The highest BCUT2D eigenvalue weighted by atomic mass is 32.1. The summed E-state index contributed by atoms with van der Waals surface area (Å²) >= 11 is 4.29. The van der Waals surface area contributed by atoms with Crippen LogP contribution in [0.25, 0.3) is 22.3 Å². The lowest BCUT2D eigenvalue weighted by Crippen LogP contribution is -2.01. The first kappa shape index (κ1) is 15.4. The second-order valence-corrected chi connectivity index (χ2v) is 5.14. The lowest BCUT2D eigenvalue weighted by molar-refractivity contribution is 0.355. The van der Waals surface area contributed by atoms with Gasteiger partial charge in [0.2, 0.25) is 5.95 Å². The number of nitrogens with two attached hydrogens (primary N) is 1. The van der Waals surface area contributed by atoms with Crippen LogP contribution in [0.3, 0.4) is 0 Å². The average Bonchev–Trinajstić information content (AvgIpc) is 2.59. The molecule has 7 heteroatoms. The fraction of sp³-hybridized carbons (Fsp3) is 0.188. The Hall–Kier alpha value is -2.54. The number of hydrogen-bond acceptors (Lipinski definition) is 7. The fourth-order valence-corrected chi connectivity index (χ4v) is 2.58. The minimum atomic E-state index is 0.224. The molecule has 118 valence electrons. The van der Waals surface area contributed by atoms with Gasteiger partial charge in [-0.25, -0.2) is 15.0 Å². The van der Waals surface area contributed by atoms with E-state index < -0.39 is 0 Å². The molecular formula is C16H16N4O2S. The number of methoxy groups -OCH3 is 2. The third-order valence-electron chi connectivity index (χ3n) is 3.46. The van der Waals surface area contributed by atoms with Gasteiger partial charge in [-0.1, -0.05) is 0 Å². The van der Waals surface area contributed by atoms with Gasteiger partial charge in [0.1, 0.15) is 5.52 Å². The largest absolute Gasteiger partial charge is 0.493 e. The highest BCUT2D eigenvalue weighted by Crippen LogP contribution is 2.32. The number of ether oxygens (including phenoxy) is 2. The number of fused-ring (bicyclic) bond motifs is 1. The standard InChI is InChI=1S/C16H16N4O2S/c1-21-13-6-3-9(7-14(13)22-2)10-4-5-11-15(18-10)12(8-23)20-16(17)19-11/h3-7,23H,8H2,1-2H3,(H2,17,19,20). The highest BCUT2D eigenvalue weighted by Gasteiger charge is 2.11. The summed E-state index contributed by atoms with van der Waals surface area (Å²) in [5.41, 5.74) is 9.50. The zero-order valence-electron chi connectivity index (χ0n) is 12.8. The van der Waals surface area contributed by atoms with E-state index in [1.807, 2.05) is 30.3 Å². The van der Waals surface area contributed by atoms with Crippen molar-refractivity contribution in [1.82, 2.24) is 15.0 Å². The number of nitrogen functional groups attached to an aromatic ring is 1. The van der Waals surface area contributed by atoms with Crippen LogP contribution in [0.1, 0.15) is 5.69 Å². The minimum Gasteiger partial charge on any atom is -0.493 e. The van der Waals surface area contributed by atoms with Crippen LogP contribution in [0.2, 0.25) is 0 Å². The van der Waals surface area contributed by atoms with Crippen molar-refractivity contribution in [3.05, 3.63) is 36.0 Å². The Morgan fingerprint density at radius 2 is 1.78 bits per heavy atom. The number of anilines is 1. The summed E-state index contributed by atoms with van der Waals surface area (Å²) in [5, 5.41) is 0. The van der Waals surface area contributed by atoms with Crippen LogP contribution in [0.5, 0.6) is 11.5 Å². The topological polar surface area (TPSA) is 83.2 Å². The Bertz CT molecular complexity index is 870. The molecule has 6 nitrogen and oxygen atoms in total. The second-order valence-electron chi connectivity index (χ2n) is 4.82. The summed E-state index contributed by atoms with van der Waals surface area (Å²) < 4.78 is 10.6. The van der Waals surface area contributed by atoms with Gasteiger partial charge in [0, 0.05) is 11.3 Å². The minimum absolute atomic E-state index is 0.224. The molecule has 3 rings (SSSR count). The summed E-state index contributed by atoms with van der Waals surface area (Å²) in [5.74, 6) is 1.98. The molecule has 3 aromatic rings. The van der Waals surface area contributed by atoms with Gasteiger partial charge in [-0.2, -0.15) is 12.6 Å². The molecule has 2 heterocycles. The normalized spacial score (nSPS) is 10.7. The van der Waals surface area contributed by atoms with Crippen LogP contribution in [0.4, 0.5) is 5.95 Å². The molecule has 0 fully saturated rings. The number of pyridine rings is 1. The zero-order valence-corrected chi connectivity index (χ0v) is 13.7. The third kappa shape index (κ3) is 2.87. The number of benzene rings is 1. The molecule has 0 saturated carbocycles. The Morgan fingerprint density at radius 3 is 2.48 bits per heavy atom. The van der Waals surface area contributed by atoms with Gasteiger partial charge >= 0.3 is 0 Å². The number of rotatable bonds is 4. The quantitative estimate of drug-likeness (QED) is 0.717. The molecule has 23 heavy (non-hydrogen) atoms. The lowest BCUT2D eigenvalue weighted by Gasteiger charge is -2.10. The van der Waals surface area contributed by atoms with Crippen molar-refractivity contribution in [2.45, 2.75) is 5.75 Å². The second kappa shape index (κ2) is 6.29. The first-order valence-electron chi connectivity index (χ1n) is 6.92. The zero-order chi connectivity index (χ0) is 16.4. The van der Waals surface area contributed by atoms with E-state index in [4.69, 9.17) is 15.2 Å². The monoisotopic (exact) mass is 328 g/mol. The Balaban J connectivity index is 2.15. The molecule has 0 unspecified atom stereocenters. The van der Waals surface area contributed by atoms with Gasteiger partial charge in [-0.15, -0.1) is 0 Å². The fourth-order valence-electron chi connectivity index (χ4n) is 2.36. The summed E-state index contributed by atoms with van der Waals surface area (Å²) in [6.07, 6.45) is 0. The van der Waals surface area contributed by atoms with Crippen LogP contribution < -0.4 is 15.2 Å². The maximum Gasteiger partial charge on any atom is 0.220 e. The van der Waals surface area contributed by atoms with Crippen LogP contribution in [-0.4, -0.2) is 29.2 Å².